The molecule has 27 heavy (non-hydrogen) atoms. The SMILES string of the molecule is COC(=O)Cc1ccc(Oc2nc(-c3ccc(C)s3)nc3c2CCC3)cc1. The van der Waals surface area contributed by atoms with Gasteiger partial charge in [-0.2, -0.15) is 4.98 Å². The summed E-state index contributed by atoms with van der Waals surface area (Å²) in [5.74, 6) is 1.81. The van der Waals surface area contributed by atoms with Crippen LogP contribution < -0.4 is 4.74 Å². The molecule has 0 atom stereocenters. The van der Waals surface area contributed by atoms with E-state index in [0.717, 1.165) is 46.8 Å². The summed E-state index contributed by atoms with van der Waals surface area (Å²) in [7, 11) is 1.39. The van der Waals surface area contributed by atoms with E-state index in [2.05, 4.69) is 19.1 Å². The van der Waals surface area contributed by atoms with Crippen molar-refractivity contribution in [2.75, 3.05) is 7.11 Å². The maximum atomic E-state index is 11.4. The molecule has 0 bridgehead atoms. The van der Waals surface area contributed by atoms with Crippen LogP contribution in [0, 0.1) is 6.92 Å². The number of nitrogens with zero attached hydrogens (tertiary/aromatic N) is 2. The van der Waals surface area contributed by atoms with Gasteiger partial charge in [-0.1, -0.05) is 12.1 Å². The number of carbonyl (C=O) groups excluding carboxylic acids is 1. The zero-order valence-electron chi connectivity index (χ0n) is 15.3. The quantitative estimate of drug-likeness (QED) is 0.610. The van der Waals surface area contributed by atoms with E-state index in [-0.39, 0.29) is 12.4 Å². The third kappa shape index (κ3) is 3.85. The number of aryl methyl sites for hydroxylation is 2. The van der Waals surface area contributed by atoms with Crippen molar-refractivity contribution in [3.05, 3.63) is 58.1 Å². The largest absolute Gasteiger partial charge is 0.469 e. The highest BCUT2D eigenvalue weighted by atomic mass is 32.1. The van der Waals surface area contributed by atoms with E-state index in [9.17, 15) is 4.79 Å². The molecule has 0 saturated carbocycles. The Morgan fingerprint density at radius 3 is 2.63 bits per heavy atom. The van der Waals surface area contributed by atoms with Crippen LogP contribution in [0.3, 0.4) is 0 Å². The van der Waals surface area contributed by atoms with Gasteiger partial charge >= 0.3 is 5.97 Å². The molecular weight excluding hydrogens is 360 g/mol. The molecule has 2 heterocycles. The summed E-state index contributed by atoms with van der Waals surface area (Å²) in [5, 5.41) is 0. The number of hydrogen-bond acceptors (Lipinski definition) is 6. The van der Waals surface area contributed by atoms with Crippen LogP contribution in [-0.2, 0) is 28.8 Å². The topological polar surface area (TPSA) is 61.3 Å². The van der Waals surface area contributed by atoms with Crippen molar-refractivity contribution in [3.63, 3.8) is 0 Å². The molecule has 0 amide bonds. The average Bonchev–Trinajstić information content (AvgIpc) is 3.32. The molecule has 138 valence electrons. The minimum atomic E-state index is -0.256. The zero-order valence-corrected chi connectivity index (χ0v) is 16.1. The zero-order chi connectivity index (χ0) is 18.8. The number of methoxy groups -OCH3 is 1. The van der Waals surface area contributed by atoms with Crippen molar-refractivity contribution < 1.29 is 14.3 Å². The molecule has 5 nitrogen and oxygen atoms in total. The minimum Gasteiger partial charge on any atom is -0.469 e. The molecule has 0 aliphatic heterocycles. The lowest BCUT2D eigenvalue weighted by atomic mass is 10.1. The lowest BCUT2D eigenvalue weighted by Crippen LogP contribution is -2.04. The Hall–Kier alpha value is -2.73. The first-order valence-electron chi connectivity index (χ1n) is 8.92. The maximum absolute atomic E-state index is 11.4. The fourth-order valence-corrected chi connectivity index (χ4v) is 3.97. The monoisotopic (exact) mass is 380 g/mol. The number of benzene rings is 1. The molecule has 4 rings (SSSR count). The Labute approximate surface area is 162 Å². The summed E-state index contributed by atoms with van der Waals surface area (Å²) in [5.41, 5.74) is 3.07. The fraction of sp³-hybridized carbons (Fsp3) is 0.286. The number of hydrogen-bond donors (Lipinski definition) is 0. The first-order valence-corrected chi connectivity index (χ1v) is 9.74. The smallest absolute Gasteiger partial charge is 0.309 e. The van der Waals surface area contributed by atoms with Gasteiger partial charge in [-0.25, -0.2) is 4.98 Å². The van der Waals surface area contributed by atoms with Gasteiger partial charge in [-0.05, 0) is 56.0 Å². The lowest BCUT2D eigenvalue weighted by molar-refractivity contribution is -0.139. The van der Waals surface area contributed by atoms with Crippen molar-refractivity contribution in [1.29, 1.82) is 0 Å². The van der Waals surface area contributed by atoms with Crippen molar-refractivity contribution in [1.82, 2.24) is 9.97 Å². The van der Waals surface area contributed by atoms with E-state index < -0.39 is 0 Å². The normalized spacial score (nSPS) is 12.7. The Balaban J connectivity index is 1.61. The number of esters is 1. The summed E-state index contributed by atoms with van der Waals surface area (Å²) in [4.78, 5) is 23.2. The van der Waals surface area contributed by atoms with Crippen molar-refractivity contribution >= 4 is 17.3 Å². The second-order valence-corrected chi connectivity index (χ2v) is 7.83. The van der Waals surface area contributed by atoms with E-state index in [1.54, 1.807) is 11.3 Å². The fourth-order valence-electron chi connectivity index (χ4n) is 3.17. The van der Waals surface area contributed by atoms with Crippen LogP contribution in [-0.4, -0.2) is 23.0 Å². The molecule has 0 radical (unpaired) electrons. The molecule has 1 aliphatic rings. The van der Waals surface area contributed by atoms with E-state index in [4.69, 9.17) is 19.4 Å². The number of ether oxygens (including phenoxy) is 2. The van der Waals surface area contributed by atoms with Crippen LogP contribution in [0.25, 0.3) is 10.7 Å². The second kappa shape index (κ2) is 7.48. The van der Waals surface area contributed by atoms with E-state index in [0.29, 0.717) is 11.6 Å². The molecule has 0 fully saturated rings. The summed E-state index contributed by atoms with van der Waals surface area (Å²) >= 11 is 1.69. The molecule has 1 aromatic carbocycles. The molecule has 0 spiro atoms. The van der Waals surface area contributed by atoms with E-state index in [1.807, 2.05) is 24.3 Å². The summed E-state index contributed by atoms with van der Waals surface area (Å²) in [6.07, 6.45) is 3.23. The van der Waals surface area contributed by atoms with Gasteiger partial charge in [0.2, 0.25) is 5.88 Å². The van der Waals surface area contributed by atoms with Gasteiger partial charge in [0.25, 0.3) is 0 Å². The highest BCUT2D eigenvalue weighted by molar-refractivity contribution is 7.15. The van der Waals surface area contributed by atoms with Gasteiger partial charge < -0.3 is 9.47 Å². The van der Waals surface area contributed by atoms with Gasteiger partial charge in [0.05, 0.1) is 24.1 Å². The summed E-state index contributed by atoms with van der Waals surface area (Å²) < 4.78 is 10.8. The molecule has 0 N–H and O–H groups in total. The van der Waals surface area contributed by atoms with Crippen LogP contribution in [0.2, 0.25) is 0 Å². The van der Waals surface area contributed by atoms with Crippen LogP contribution in [0.1, 0.15) is 28.1 Å². The van der Waals surface area contributed by atoms with Gasteiger partial charge in [0.15, 0.2) is 5.82 Å². The van der Waals surface area contributed by atoms with Crippen LogP contribution >= 0.6 is 11.3 Å². The van der Waals surface area contributed by atoms with Gasteiger partial charge in [-0.3, -0.25) is 4.79 Å². The third-order valence-electron chi connectivity index (χ3n) is 4.57. The number of fused-ring (bicyclic) bond motifs is 1. The third-order valence-corrected chi connectivity index (χ3v) is 5.57. The number of rotatable bonds is 5. The molecule has 1 aliphatic carbocycles. The summed E-state index contributed by atoms with van der Waals surface area (Å²) in [6.45, 7) is 2.08. The molecule has 3 aromatic rings. The van der Waals surface area contributed by atoms with Crippen LogP contribution in [0.15, 0.2) is 36.4 Å². The lowest BCUT2D eigenvalue weighted by Gasteiger charge is -2.11. The van der Waals surface area contributed by atoms with Crippen LogP contribution in [0.5, 0.6) is 11.6 Å². The summed E-state index contributed by atoms with van der Waals surface area (Å²) in [6, 6.07) is 11.6. The molecule has 2 aromatic heterocycles. The second-order valence-electron chi connectivity index (χ2n) is 6.54. The predicted molar refractivity (Wildman–Crippen MR) is 104 cm³/mol. The maximum Gasteiger partial charge on any atom is 0.309 e. The van der Waals surface area contributed by atoms with Gasteiger partial charge in [0.1, 0.15) is 5.75 Å². The van der Waals surface area contributed by atoms with Crippen molar-refractivity contribution in [2.24, 2.45) is 0 Å². The Morgan fingerprint density at radius 1 is 1.11 bits per heavy atom. The first-order chi connectivity index (χ1) is 13.1. The molecule has 6 heteroatoms. The number of thiophene rings is 1. The number of aromatic nitrogens is 2. The Kier molecular flexibility index (Phi) is 4.90. The standard InChI is InChI=1S/C21H20N2O3S/c1-13-6-11-18(27-13)20-22-17-5-3-4-16(17)21(23-20)26-15-9-7-14(8-10-15)12-19(24)25-2/h6-11H,3-5,12H2,1-2H3. The van der Waals surface area contributed by atoms with E-state index in [1.165, 1.54) is 12.0 Å². The first kappa shape index (κ1) is 17.7. The highest BCUT2D eigenvalue weighted by Crippen LogP contribution is 2.35. The highest BCUT2D eigenvalue weighted by Gasteiger charge is 2.22. The Morgan fingerprint density at radius 2 is 1.93 bits per heavy atom. The Bertz CT molecular complexity index is 980. The molecule has 0 saturated heterocycles. The van der Waals surface area contributed by atoms with E-state index >= 15 is 0 Å². The number of carbonyl (C=O) groups is 1. The molecular formula is C21H20N2O3S. The average molecular weight is 380 g/mol. The van der Waals surface area contributed by atoms with Gasteiger partial charge in [0, 0.05) is 10.4 Å². The van der Waals surface area contributed by atoms with Crippen molar-refractivity contribution in [2.45, 2.75) is 32.6 Å². The minimum absolute atomic E-state index is 0.252. The molecule has 0 unspecified atom stereocenters. The predicted octanol–water partition coefficient (Wildman–Crippen LogP) is 4.51. The van der Waals surface area contributed by atoms with Crippen LogP contribution in [0.4, 0.5) is 0 Å². The van der Waals surface area contributed by atoms with Crippen molar-refractivity contribution in [3.8, 4) is 22.3 Å². The van der Waals surface area contributed by atoms with Gasteiger partial charge in [-0.15, -0.1) is 11.3 Å².